The minimum Gasteiger partial charge on any atom is -0.456 e. The summed E-state index contributed by atoms with van der Waals surface area (Å²) in [5, 5.41) is 3.64. The van der Waals surface area contributed by atoms with Gasteiger partial charge in [0.2, 0.25) is 0 Å². The van der Waals surface area contributed by atoms with Crippen LogP contribution in [0, 0.1) is 0 Å². The zero-order chi connectivity index (χ0) is 11.0. The highest BCUT2D eigenvalue weighted by Crippen LogP contribution is 1.99. The number of hydrogen-bond acceptors (Lipinski definition) is 5. The largest absolute Gasteiger partial charge is 0.456 e. The number of rotatable bonds is 3. The molecule has 1 rings (SSSR count). The van der Waals surface area contributed by atoms with Crippen molar-refractivity contribution >= 4 is 5.97 Å². The lowest BCUT2D eigenvalue weighted by molar-refractivity contribution is -0.143. The molecule has 0 aromatic carbocycles. The van der Waals surface area contributed by atoms with Crippen LogP contribution in [-0.4, -0.2) is 16.1 Å². The standard InChI is InChI=1S/C7H10N2O3.C2H6/c1-3-6-8-7(12-9-6)4-11-5(2)10;1-2/h3-4H2,1-2H3;1-2H3. The molecule has 0 bridgehead atoms. The average molecular weight is 200 g/mol. The van der Waals surface area contributed by atoms with Crippen molar-refractivity contribution < 1.29 is 14.1 Å². The van der Waals surface area contributed by atoms with Gasteiger partial charge >= 0.3 is 5.97 Å². The number of hydrogen-bond donors (Lipinski definition) is 0. The first-order chi connectivity index (χ1) is 6.72. The van der Waals surface area contributed by atoms with Crippen molar-refractivity contribution in [1.29, 1.82) is 0 Å². The summed E-state index contributed by atoms with van der Waals surface area (Å²) in [5.74, 6) is 0.602. The smallest absolute Gasteiger partial charge is 0.303 e. The van der Waals surface area contributed by atoms with Crippen LogP contribution in [-0.2, 0) is 22.6 Å². The molecule has 1 heterocycles. The monoisotopic (exact) mass is 200 g/mol. The van der Waals surface area contributed by atoms with Gasteiger partial charge in [0.15, 0.2) is 12.4 Å². The van der Waals surface area contributed by atoms with Crippen molar-refractivity contribution in [2.45, 2.75) is 40.7 Å². The van der Waals surface area contributed by atoms with E-state index in [0.29, 0.717) is 18.1 Å². The summed E-state index contributed by atoms with van der Waals surface area (Å²) in [7, 11) is 0. The number of aromatic nitrogens is 2. The zero-order valence-electron chi connectivity index (χ0n) is 9.03. The van der Waals surface area contributed by atoms with Crippen LogP contribution >= 0.6 is 0 Å². The molecular formula is C9H16N2O3. The molecule has 0 aliphatic carbocycles. The van der Waals surface area contributed by atoms with Crippen molar-refractivity contribution in [3.63, 3.8) is 0 Å². The van der Waals surface area contributed by atoms with Crippen LogP contribution in [0.1, 0.15) is 39.4 Å². The van der Waals surface area contributed by atoms with Crippen molar-refractivity contribution in [1.82, 2.24) is 10.1 Å². The molecule has 0 aliphatic heterocycles. The first-order valence-corrected chi connectivity index (χ1v) is 4.67. The van der Waals surface area contributed by atoms with Crippen LogP contribution in [0.5, 0.6) is 0 Å². The van der Waals surface area contributed by atoms with Crippen molar-refractivity contribution in [2.75, 3.05) is 0 Å². The minimum atomic E-state index is -0.355. The normalized spacial score (nSPS) is 8.86. The highest BCUT2D eigenvalue weighted by Gasteiger charge is 2.05. The van der Waals surface area contributed by atoms with Gasteiger partial charge in [-0.3, -0.25) is 4.79 Å². The maximum Gasteiger partial charge on any atom is 0.303 e. The van der Waals surface area contributed by atoms with E-state index in [2.05, 4.69) is 14.9 Å². The van der Waals surface area contributed by atoms with E-state index in [0.717, 1.165) is 0 Å². The molecule has 5 heteroatoms. The molecule has 0 amide bonds. The maximum atomic E-state index is 10.4. The Bertz CT molecular complexity index is 271. The Morgan fingerprint density at radius 1 is 1.50 bits per heavy atom. The third kappa shape index (κ3) is 4.59. The fraction of sp³-hybridized carbons (Fsp3) is 0.667. The molecule has 14 heavy (non-hydrogen) atoms. The number of esters is 1. The summed E-state index contributed by atoms with van der Waals surface area (Å²) >= 11 is 0. The van der Waals surface area contributed by atoms with E-state index < -0.39 is 0 Å². The Labute approximate surface area is 83.5 Å². The number of carbonyl (C=O) groups excluding carboxylic acids is 1. The van der Waals surface area contributed by atoms with Gasteiger partial charge < -0.3 is 9.26 Å². The average Bonchev–Trinajstić information content (AvgIpc) is 2.65. The van der Waals surface area contributed by atoms with E-state index in [1.807, 2.05) is 20.8 Å². The quantitative estimate of drug-likeness (QED) is 0.695. The Hall–Kier alpha value is -1.39. The summed E-state index contributed by atoms with van der Waals surface area (Å²) in [5.41, 5.74) is 0. The number of aryl methyl sites for hydroxylation is 1. The number of ether oxygens (including phenoxy) is 1. The SMILES string of the molecule is CC.CCc1noc(COC(C)=O)n1. The Morgan fingerprint density at radius 2 is 2.14 bits per heavy atom. The van der Waals surface area contributed by atoms with Crippen LogP contribution in [0.15, 0.2) is 4.52 Å². The molecular weight excluding hydrogens is 184 g/mol. The Balaban J connectivity index is 0.000000791. The van der Waals surface area contributed by atoms with Crippen molar-refractivity contribution in [3.8, 4) is 0 Å². The Morgan fingerprint density at radius 3 is 2.57 bits per heavy atom. The lowest BCUT2D eigenvalue weighted by atomic mass is 10.5. The number of nitrogens with zero attached hydrogens (tertiary/aromatic N) is 2. The predicted octanol–water partition coefficient (Wildman–Crippen LogP) is 1.72. The van der Waals surface area contributed by atoms with E-state index in [-0.39, 0.29) is 12.6 Å². The fourth-order valence-electron chi connectivity index (χ4n) is 0.656. The lowest BCUT2D eigenvalue weighted by Gasteiger charge is -1.93. The summed E-state index contributed by atoms with van der Waals surface area (Å²) in [6.07, 6.45) is 0.712. The highest BCUT2D eigenvalue weighted by atomic mass is 16.6. The maximum absolute atomic E-state index is 10.4. The van der Waals surface area contributed by atoms with Crippen LogP contribution in [0.3, 0.4) is 0 Å². The third-order valence-corrected chi connectivity index (χ3v) is 1.23. The van der Waals surface area contributed by atoms with Gasteiger partial charge in [-0.05, 0) is 0 Å². The second-order valence-corrected chi connectivity index (χ2v) is 2.24. The van der Waals surface area contributed by atoms with E-state index in [9.17, 15) is 4.79 Å². The van der Waals surface area contributed by atoms with E-state index in [1.54, 1.807) is 0 Å². The predicted molar refractivity (Wildman–Crippen MR) is 50.5 cm³/mol. The molecule has 0 radical (unpaired) electrons. The van der Waals surface area contributed by atoms with Gasteiger partial charge in [0.1, 0.15) is 0 Å². The van der Waals surface area contributed by atoms with Crippen molar-refractivity contribution in [2.24, 2.45) is 0 Å². The van der Waals surface area contributed by atoms with Gasteiger partial charge in [-0.25, -0.2) is 0 Å². The molecule has 1 aromatic rings. The van der Waals surface area contributed by atoms with E-state index in [4.69, 9.17) is 4.52 Å². The van der Waals surface area contributed by atoms with Crippen molar-refractivity contribution in [3.05, 3.63) is 11.7 Å². The topological polar surface area (TPSA) is 65.2 Å². The first-order valence-electron chi connectivity index (χ1n) is 4.67. The molecule has 80 valence electrons. The second kappa shape index (κ2) is 7.06. The summed E-state index contributed by atoms with van der Waals surface area (Å²) in [6, 6.07) is 0. The molecule has 1 aromatic heterocycles. The van der Waals surface area contributed by atoms with Crippen LogP contribution in [0.25, 0.3) is 0 Å². The van der Waals surface area contributed by atoms with E-state index in [1.165, 1.54) is 6.92 Å². The van der Waals surface area contributed by atoms with Gasteiger partial charge in [0.05, 0.1) is 0 Å². The van der Waals surface area contributed by atoms with Crippen LogP contribution in [0.4, 0.5) is 0 Å². The molecule has 0 spiro atoms. The van der Waals surface area contributed by atoms with Crippen LogP contribution in [0.2, 0.25) is 0 Å². The van der Waals surface area contributed by atoms with Gasteiger partial charge in [-0.15, -0.1) is 0 Å². The van der Waals surface area contributed by atoms with Gasteiger partial charge in [0, 0.05) is 13.3 Å². The lowest BCUT2D eigenvalue weighted by Crippen LogP contribution is -1.98. The van der Waals surface area contributed by atoms with Crippen LogP contribution < -0.4 is 0 Å². The minimum absolute atomic E-state index is 0.0579. The summed E-state index contributed by atoms with van der Waals surface area (Å²) in [4.78, 5) is 14.3. The molecule has 0 fully saturated rings. The van der Waals surface area contributed by atoms with Gasteiger partial charge in [-0.1, -0.05) is 25.9 Å². The second-order valence-electron chi connectivity index (χ2n) is 2.24. The molecule has 0 N–H and O–H groups in total. The third-order valence-electron chi connectivity index (χ3n) is 1.23. The summed E-state index contributed by atoms with van der Waals surface area (Å²) < 4.78 is 9.42. The fourth-order valence-corrected chi connectivity index (χ4v) is 0.656. The molecule has 0 saturated carbocycles. The highest BCUT2D eigenvalue weighted by molar-refractivity contribution is 5.65. The molecule has 5 nitrogen and oxygen atoms in total. The Kier molecular flexibility index (Phi) is 6.36. The molecule has 0 aliphatic rings. The zero-order valence-corrected chi connectivity index (χ0v) is 9.03. The van der Waals surface area contributed by atoms with Gasteiger partial charge in [-0.2, -0.15) is 4.98 Å². The van der Waals surface area contributed by atoms with Gasteiger partial charge in [0.25, 0.3) is 5.89 Å². The summed E-state index contributed by atoms with van der Waals surface area (Å²) in [6.45, 7) is 7.31. The molecule has 0 saturated heterocycles. The molecule has 0 unspecified atom stereocenters. The first kappa shape index (κ1) is 12.6. The molecule has 0 atom stereocenters. The van der Waals surface area contributed by atoms with E-state index >= 15 is 0 Å². The number of carbonyl (C=O) groups is 1.